The molecule has 0 bridgehead atoms. The number of ether oxygens (including phenoxy) is 5. The fraction of sp³-hybridized carbons (Fsp3) is 0.333. The Morgan fingerprint density at radius 1 is 0.714 bits per heavy atom. The molecule has 2 aliphatic heterocycles. The highest BCUT2D eigenvalue weighted by Crippen LogP contribution is 2.40. The van der Waals surface area contributed by atoms with E-state index in [-0.39, 0.29) is 16.7 Å². The first-order chi connectivity index (χ1) is 26.6. The molecule has 0 saturated carbocycles. The number of phenols is 6. The Bertz CT molecular complexity index is 2160. The Labute approximate surface area is 313 Å². The summed E-state index contributed by atoms with van der Waals surface area (Å²) in [6, 6.07) is 8.69. The van der Waals surface area contributed by atoms with Crippen molar-refractivity contribution in [2.24, 2.45) is 0 Å². The molecule has 12 N–H and O–H groups in total. The molecule has 20 nitrogen and oxygen atoms in total. The first kappa shape index (κ1) is 40.0. The Morgan fingerprint density at radius 3 is 2.05 bits per heavy atom. The zero-order valence-electron chi connectivity index (χ0n) is 28.6. The second kappa shape index (κ2) is 16.2. The van der Waals surface area contributed by atoms with Gasteiger partial charge >= 0.3 is 5.97 Å². The van der Waals surface area contributed by atoms with Gasteiger partial charge in [-0.05, 0) is 42.0 Å². The lowest BCUT2D eigenvalue weighted by atomic mass is 9.97. The van der Waals surface area contributed by atoms with Gasteiger partial charge in [-0.1, -0.05) is 6.07 Å². The molecule has 56 heavy (non-hydrogen) atoms. The van der Waals surface area contributed by atoms with E-state index < -0.39 is 137 Å². The van der Waals surface area contributed by atoms with Crippen molar-refractivity contribution < 1.29 is 94.2 Å². The molecule has 0 aliphatic carbocycles. The summed E-state index contributed by atoms with van der Waals surface area (Å²) in [5.74, 6) is -5.71. The van der Waals surface area contributed by atoms with Crippen molar-refractivity contribution in [2.75, 3.05) is 13.2 Å². The molecule has 1 aromatic heterocycles. The minimum absolute atomic E-state index is 0.126. The molecule has 2 saturated heterocycles. The van der Waals surface area contributed by atoms with E-state index in [1.165, 1.54) is 24.3 Å². The number of esters is 1. The predicted octanol–water partition coefficient (Wildman–Crippen LogP) is -1.04. The van der Waals surface area contributed by atoms with Crippen LogP contribution in [0.25, 0.3) is 28.4 Å². The van der Waals surface area contributed by atoms with Crippen LogP contribution in [-0.4, -0.2) is 142 Å². The Hall–Kier alpha value is -5.68. The molecule has 4 unspecified atom stereocenters. The number of carbonyl (C=O) groups excluding carboxylic acids is 1. The number of aromatic hydroxyl groups is 6. The average Bonchev–Trinajstić information content (AvgIpc) is 3.16. The van der Waals surface area contributed by atoms with Crippen LogP contribution in [0.5, 0.6) is 40.2 Å². The summed E-state index contributed by atoms with van der Waals surface area (Å²) in [6.45, 7) is -1.66. The van der Waals surface area contributed by atoms with Gasteiger partial charge < -0.3 is 89.4 Å². The van der Waals surface area contributed by atoms with Crippen LogP contribution in [0.4, 0.5) is 0 Å². The molecule has 0 radical (unpaired) electrons. The van der Waals surface area contributed by atoms with E-state index in [9.17, 15) is 70.9 Å². The highest BCUT2D eigenvalue weighted by molar-refractivity contribution is 5.88. The number of fused-ring (bicyclic) bond motifs is 1. The molecule has 3 heterocycles. The van der Waals surface area contributed by atoms with Gasteiger partial charge in [-0.15, -0.1) is 0 Å². The third kappa shape index (κ3) is 8.00. The van der Waals surface area contributed by atoms with Gasteiger partial charge in [0.05, 0.1) is 6.61 Å². The predicted molar refractivity (Wildman–Crippen MR) is 184 cm³/mol. The van der Waals surface area contributed by atoms with Crippen molar-refractivity contribution >= 4 is 23.0 Å². The quantitative estimate of drug-likeness (QED) is 0.0519. The summed E-state index contributed by atoms with van der Waals surface area (Å²) < 4.78 is 34.0. The van der Waals surface area contributed by atoms with Crippen LogP contribution < -0.4 is 10.2 Å². The summed E-state index contributed by atoms with van der Waals surface area (Å²) in [4.78, 5) is 26.7. The van der Waals surface area contributed by atoms with E-state index in [1.54, 1.807) is 0 Å². The third-order valence-electron chi connectivity index (χ3n) is 8.97. The monoisotopic (exact) mass is 788 g/mol. The number of benzene rings is 3. The summed E-state index contributed by atoms with van der Waals surface area (Å²) in [5, 5.41) is 123. The van der Waals surface area contributed by atoms with Crippen LogP contribution in [0.2, 0.25) is 0 Å². The van der Waals surface area contributed by atoms with Crippen molar-refractivity contribution in [1.82, 2.24) is 0 Å². The second-order valence-electron chi connectivity index (χ2n) is 12.8. The van der Waals surface area contributed by atoms with E-state index in [0.29, 0.717) is 0 Å². The van der Waals surface area contributed by atoms with Gasteiger partial charge in [0, 0.05) is 23.8 Å². The molecule has 0 spiro atoms. The topological polar surface area (TPSA) is 336 Å². The van der Waals surface area contributed by atoms with E-state index in [4.69, 9.17) is 28.1 Å². The maximum atomic E-state index is 14.1. The number of aliphatic hydroxyl groups excluding tert-OH is 6. The molecular formula is C36H36O20. The molecule has 2 aliphatic rings. The summed E-state index contributed by atoms with van der Waals surface area (Å²) in [6.07, 6.45) is -16.9. The van der Waals surface area contributed by atoms with Crippen LogP contribution in [0, 0.1) is 0 Å². The minimum Gasteiger partial charge on any atom is -0.508 e. The number of rotatable bonds is 10. The number of hydrogen-bond acceptors (Lipinski definition) is 20. The van der Waals surface area contributed by atoms with Crippen LogP contribution in [0.15, 0.2) is 63.8 Å². The fourth-order valence-corrected chi connectivity index (χ4v) is 5.98. The lowest BCUT2D eigenvalue weighted by molar-refractivity contribution is -0.358. The summed E-state index contributed by atoms with van der Waals surface area (Å²) in [7, 11) is 0. The molecule has 300 valence electrons. The van der Waals surface area contributed by atoms with Gasteiger partial charge in [-0.2, -0.15) is 0 Å². The van der Waals surface area contributed by atoms with Crippen LogP contribution in [0.1, 0.15) is 5.56 Å². The van der Waals surface area contributed by atoms with E-state index in [0.717, 1.165) is 36.4 Å². The van der Waals surface area contributed by atoms with Gasteiger partial charge in [0.1, 0.15) is 71.8 Å². The molecule has 2 fully saturated rings. The first-order valence-electron chi connectivity index (χ1n) is 16.6. The summed E-state index contributed by atoms with van der Waals surface area (Å²) >= 11 is 0. The van der Waals surface area contributed by atoms with Gasteiger partial charge in [-0.3, -0.25) is 4.79 Å². The molecular weight excluding hydrogens is 752 g/mol. The van der Waals surface area contributed by atoms with E-state index >= 15 is 0 Å². The first-order valence-corrected chi connectivity index (χ1v) is 16.6. The van der Waals surface area contributed by atoms with Crippen molar-refractivity contribution in [3.63, 3.8) is 0 Å². The molecule has 10 atom stereocenters. The standard InChI is InChI=1S/C36H36O20/c37-11-22-26(45)29(48)31(50)35(53-22)56-34-30(49)27(46)23(12-51-24(44)6-2-13-1-4-16(39)18(41)7-13)54-36(34)55-33-28(47)25-20(43)9-15(38)10-21(25)52-32(33)14-3-5-17(40)19(42)8-14/h1-10,22-23,26-27,29-31,34-43,45-46,48-50H,11-12H2/b6-2+/t22?,23?,26-,27-,29+,30+,31?,34?,35+,36+/m1/s1. The summed E-state index contributed by atoms with van der Waals surface area (Å²) in [5.41, 5.74) is -1.34. The Balaban J connectivity index is 1.37. The van der Waals surface area contributed by atoms with E-state index in [1.807, 2.05) is 0 Å². The number of hydrogen-bond donors (Lipinski definition) is 12. The highest BCUT2D eigenvalue weighted by atomic mass is 16.8. The van der Waals surface area contributed by atoms with Crippen molar-refractivity contribution in [3.8, 4) is 51.6 Å². The van der Waals surface area contributed by atoms with Crippen molar-refractivity contribution in [2.45, 2.75) is 61.4 Å². The number of carbonyl (C=O) groups is 1. The molecule has 20 heteroatoms. The zero-order valence-corrected chi connectivity index (χ0v) is 28.6. The Morgan fingerprint density at radius 2 is 1.38 bits per heavy atom. The maximum absolute atomic E-state index is 14.1. The SMILES string of the molecule is O=C(/C=C/c1ccc(O)c(O)c1)OCC1O[C@@H](Oc2c(-c3ccc(O)c(O)c3)oc3cc(O)cc(O)c3c2=O)C(O[C@@H]2OC(CO)[C@@H](O)[C@H](O)C2O)[C@@H](O)[C@@H]1O. The largest absolute Gasteiger partial charge is 0.508 e. The zero-order chi connectivity index (χ0) is 40.6. The van der Waals surface area contributed by atoms with Gasteiger partial charge in [0.2, 0.25) is 17.5 Å². The average molecular weight is 789 g/mol. The molecule has 6 rings (SSSR count). The lowest BCUT2D eigenvalue weighted by Crippen LogP contribution is -2.65. The Kier molecular flexibility index (Phi) is 11.6. The maximum Gasteiger partial charge on any atom is 0.330 e. The smallest absolute Gasteiger partial charge is 0.330 e. The van der Waals surface area contributed by atoms with Crippen LogP contribution in [0.3, 0.4) is 0 Å². The van der Waals surface area contributed by atoms with Gasteiger partial charge in [0.25, 0.3) is 0 Å². The van der Waals surface area contributed by atoms with Crippen molar-refractivity contribution in [3.05, 3.63) is 70.4 Å². The van der Waals surface area contributed by atoms with Crippen molar-refractivity contribution in [1.29, 1.82) is 0 Å². The molecule has 4 aromatic rings. The van der Waals surface area contributed by atoms with E-state index in [2.05, 4.69) is 0 Å². The number of aliphatic hydroxyl groups is 6. The van der Waals surface area contributed by atoms with Gasteiger partial charge in [0.15, 0.2) is 41.2 Å². The normalized spacial score (nSPS) is 28.0. The minimum atomic E-state index is -2.11. The highest BCUT2D eigenvalue weighted by Gasteiger charge is 2.52. The third-order valence-corrected chi connectivity index (χ3v) is 8.97. The molecule has 3 aromatic carbocycles. The van der Waals surface area contributed by atoms with Gasteiger partial charge in [-0.25, -0.2) is 4.79 Å². The fourth-order valence-electron chi connectivity index (χ4n) is 5.98. The lowest BCUT2D eigenvalue weighted by Gasteiger charge is -2.45. The van der Waals surface area contributed by atoms with Crippen LogP contribution >= 0.6 is 0 Å². The second-order valence-corrected chi connectivity index (χ2v) is 12.8. The number of phenolic OH excluding ortho intramolecular Hbond substituents is 6. The van der Waals surface area contributed by atoms with Crippen LogP contribution in [-0.2, 0) is 23.7 Å². The molecule has 0 amide bonds.